The van der Waals surface area contributed by atoms with Gasteiger partial charge in [-0.25, -0.2) is 4.39 Å². The molecule has 0 fully saturated rings. The largest absolute Gasteiger partial charge is 0.508 e. The Hall–Kier alpha value is -2.23. The molecule has 1 aliphatic heterocycles. The summed E-state index contributed by atoms with van der Waals surface area (Å²) in [5.41, 5.74) is 1.60. The number of ether oxygens (including phenoxy) is 1. The Morgan fingerprint density at radius 1 is 1.26 bits per heavy atom. The maximum atomic E-state index is 13.9. The molecule has 2 aromatic rings. The van der Waals surface area contributed by atoms with Gasteiger partial charge in [-0.15, -0.1) is 0 Å². The van der Waals surface area contributed by atoms with E-state index in [4.69, 9.17) is 4.74 Å². The number of anilines is 1. The summed E-state index contributed by atoms with van der Waals surface area (Å²) in [5.74, 6) is 0.806. The fourth-order valence-electron chi connectivity index (χ4n) is 2.99. The van der Waals surface area contributed by atoms with E-state index < -0.39 is 0 Å². The minimum atomic E-state index is -0.187. The van der Waals surface area contributed by atoms with Crippen LogP contribution in [-0.4, -0.2) is 24.3 Å². The summed E-state index contributed by atoms with van der Waals surface area (Å²) < 4.78 is 19.9. The zero-order valence-electron chi connectivity index (χ0n) is 13.3. The van der Waals surface area contributed by atoms with Gasteiger partial charge in [0.1, 0.15) is 23.4 Å². The van der Waals surface area contributed by atoms with Crippen molar-refractivity contribution in [2.75, 3.05) is 18.0 Å². The van der Waals surface area contributed by atoms with Crippen molar-refractivity contribution in [3.63, 3.8) is 0 Å². The summed E-state index contributed by atoms with van der Waals surface area (Å²) in [7, 11) is 0. The van der Waals surface area contributed by atoms with Crippen molar-refractivity contribution in [2.45, 2.75) is 32.3 Å². The number of unbranched alkanes of at least 4 members (excludes halogenated alkanes) is 1. The van der Waals surface area contributed by atoms with Crippen LogP contribution in [0.3, 0.4) is 0 Å². The molecule has 0 aromatic heterocycles. The molecule has 0 radical (unpaired) electrons. The van der Waals surface area contributed by atoms with Crippen LogP contribution in [0.2, 0.25) is 0 Å². The van der Waals surface area contributed by atoms with Crippen LogP contribution >= 0.6 is 0 Å². The number of hydrogen-bond acceptors (Lipinski definition) is 3. The second-order valence-corrected chi connectivity index (χ2v) is 5.99. The van der Waals surface area contributed by atoms with Gasteiger partial charge >= 0.3 is 0 Å². The van der Waals surface area contributed by atoms with Crippen LogP contribution in [-0.2, 0) is 6.42 Å². The summed E-state index contributed by atoms with van der Waals surface area (Å²) in [6.45, 7) is 3.76. The average molecular weight is 315 g/mol. The smallest absolute Gasteiger partial charge is 0.143 e. The molecule has 0 spiro atoms. The Morgan fingerprint density at radius 2 is 2.09 bits per heavy atom. The first kappa shape index (κ1) is 15.7. The molecular weight excluding hydrogens is 293 g/mol. The highest BCUT2D eigenvalue weighted by molar-refractivity contribution is 5.63. The minimum absolute atomic E-state index is 0.0965. The summed E-state index contributed by atoms with van der Waals surface area (Å²) in [6.07, 6.45) is 2.61. The second-order valence-electron chi connectivity index (χ2n) is 5.99. The highest BCUT2D eigenvalue weighted by Gasteiger charge is 2.26. The second kappa shape index (κ2) is 6.90. The lowest BCUT2D eigenvalue weighted by Crippen LogP contribution is -2.41. The molecule has 0 saturated carbocycles. The van der Waals surface area contributed by atoms with Crippen molar-refractivity contribution in [2.24, 2.45) is 0 Å². The van der Waals surface area contributed by atoms with Crippen molar-refractivity contribution in [3.8, 4) is 11.5 Å². The number of hydrogen-bond donors (Lipinski definition) is 1. The SMILES string of the molecule is CCCCN1CC(Cc2ccccc2F)Oc2ccc(O)cc21. The third-order valence-corrected chi connectivity index (χ3v) is 4.19. The van der Waals surface area contributed by atoms with E-state index in [1.54, 1.807) is 30.3 Å². The fourth-order valence-corrected chi connectivity index (χ4v) is 2.99. The number of phenolic OH excluding ortho intramolecular Hbond substituents is 1. The molecule has 1 heterocycles. The van der Waals surface area contributed by atoms with Crippen LogP contribution in [0.5, 0.6) is 11.5 Å². The summed E-state index contributed by atoms with van der Waals surface area (Å²) in [5, 5.41) is 9.74. The summed E-state index contributed by atoms with van der Waals surface area (Å²) in [6, 6.07) is 12.0. The van der Waals surface area contributed by atoms with Crippen molar-refractivity contribution in [3.05, 3.63) is 53.8 Å². The van der Waals surface area contributed by atoms with Crippen LogP contribution in [0.1, 0.15) is 25.3 Å². The molecule has 0 amide bonds. The Kier molecular flexibility index (Phi) is 4.70. The molecule has 1 aliphatic rings. The van der Waals surface area contributed by atoms with Crippen molar-refractivity contribution in [1.82, 2.24) is 0 Å². The number of nitrogens with zero attached hydrogens (tertiary/aromatic N) is 1. The molecule has 3 rings (SSSR count). The van der Waals surface area contributed by atoms with Crippen LogP contribution < -0.4 is 9.64 Å². The first-order valence-electron chi connectivity index (χ1n) is 8.15. The van der Waals surface area contributed by atoms with Gasteiger partial charge in [0.25, 0.3) is 0 Å². The minimum Gasteiger partial charge on any atom is -0.508 e. The van der Waals surface area contributed by atoms with Crippen LogP contribution in [0.25, 0.3) is 0 Å². The first-order valence-corrected chi connectivity index (χ1v) is 8.15. The Balaban J connectivity index is 1.82. The van der Waals surface area contributed by atoms with Gasteiger partial charge in [0.05, 0.1) is 12.2 Å². The van der Waals surface area contributed by atoms with Crippen LogP contribution in [0.4, 0.5) is 10.1 Å². The zero-order chi connectivity index (χ0) is 16.2. The highest BCUT2D eigenvalue weighted by atomic mass is 19.1. The molecule has 1 unspecified atom stereocenters. The number of phenols is 1. The summed E-state index contributed by atoms with van der Waals surface area (Å²) >= 11 is 0. The van der Waals surface area contributed by atoms with Crippen molar-refractivity contribution < 1.29 is 14.2 Å². The zero-order valence-corrected chi connectivity index (χ0v) is 13.3. The van der Waals surface area contributed by atoms with Gasteiger partial charge in [0.2, 0.25) is 0 Å². The normalized spacial score (nSPS) is 16.8. The maximum Gasteiger partial charge on any atom is 0.143 e. The number of aromatic hydroxyl groups is 1. The lowest BCUT2D eigenvalue weighted by molar-refractivity contribution is 0.192. The monoisotopic (exact) mass is 315 g/mol. The maximum absolute atomic E-state index is 13.9. The molecule has 0 saturated heterocycles. The van der Waals surface area contributed by atoms with Gasteiger partial charge in [0.15, 0.2) is 0 Å². The standard InChI is InChI=1S/C19H22FNO2/c1-2-3-10-21-13-16(11-14-6-4-5-7-17(14)20)23-19-9-8-15(22)12-18(19)21/h4-9,12,16,22H,2-3,10-11,13H2,1H3. The fraction of sp³-hybridized carbons (Fsp3) is 0.368. The number of benzene rings is 2. The van der Waals surface area contributed by atoms with E-state index in [0.717, 1.165) is 30.8 Å². The molecule has 3 nitrogen and oxygen atoms in total. The molecule has 1 atom stereocenters. The first-order chi connectivity index (χ1) is 11.2. The average Bonchev–Trinajstić information content (AvgIpc) is 2.55. The third-order valence-electron chi connectivity index (χ3n) is 4.19. The Labute approximate surface area is 136 Å². The van der Waals surface area contributed by atoms with Gasteiger partial charge in [-0.2, -0.15) is 0 Å². The van der Waals surface area contributed by atoms with Gasteiger partial charge < -0.3 is 14.7 Å². The van der Waals surface area contributed by atoms with Crippen molar-refractivity contribution in [1.29, 1.82) is 0 Å². The predicted octanol–water partition coefficient (Wildman–Crippen LogP) is 4.14. The molecule has 2 aromatic carbocycles. The Morgan fingerprint density at radius 3 is 2.87 bits per heavy atom. The molecule has 122 valence electrons. The quantitative estimate of drug-likeness (QED) is 0.900. The number of halogens is 1. The molecule has 23 heavy (non-hydrogen) atoms. The third kappa shape index (κ3) is 3.58. The Bertz CT molecular complexity index is 674. The van der Waals surface area contributed by atoms with Gasteiger partial charge in [-0.1, -0.05) is 31.5 Å². The topological polar surface area (TPSA) is 32.7 Å². The van der Waals surface area contributed by atoms with E-state index in [2.05, 4.69) is 11.8 Å². The lowest BCUT2D eigenvalue weighted by Gasteiger charge is -2.36. The molecular formula is C19H22FNO2. The predicted molar refractivity (Wildman–Crippen MR) is 89.7 cm³/mol. The van der Waals surface area contributed by atoms with Crippen molar-refractivity contribution >= 4 is 5.69 Å². The number of rotatable bonds is 5. The summed E-state index contributed by atoms with van der Waals surface area (Å²) in [4.78, 5) is 2.23. The number of fused-ring (bicyclic) bond motifs is 1. The molecule has 1 N–H and O–H groups in total. The van der Waals surface area contributed by atoms with E-state index in [0.29, 0.717) is 18.5 Å². The van der Waals surface area contributed by atoms with Gasteiger partial charge in [0, 0.05) is 19.0 Å². The highest BCUT2D eigenvalue weighted by Crippen LogP contribution is 2.37. The molecule has 4 heteroatoms. The van der Waals surface area contributed by atoms with E-state index in [-0.39, 0.29) is 17.7 Å². The van der Waals surface area contributed by atoms with E-state index in [9.17, 15) is 9.50 Å². The van der Waals surface area contributed by atoms with E-state index >= 15 is 0 Å². The molecule has 0 bridgehead atoms. The van der Waals surface area contributed by atoms with Crippen LogP contribution in [0, 0.1) is 5.82 Å². The lowest BCUT2D eigenvalue weighted by atomic mass is 10.0. The molecule has 0 aliphatic carbocycles. The van der Waals surface area contributed by atoms with Crippen LogP contribution in [0.15, 0.2) is 42.5 Å². The van der Waals surface area contributed by atoms with E-state index in [1.807, 2.05) is 6.07 Å². The van der Waals surface area contributed by atoms with Gasteiger partial charge in [-0.3, -0.25) is 0 Å². The van der Waals surface area contributed by atoms with Gasteiger partial charge in [-0.05, 0) is 30.2 Å². The van der Waals surface area contributed by atoms with E-state index in [1.165, 1.54) is 6.07 Å².